The summed E-state index contributed by atoms with van der Waals surface area (Å²) in [5.41, 5.74) is -0.0318. The summed E-state index contributed by atoms with van der Waals surface area (Å²) in [5, 5.41) is 0. The summed E-state index contributed by atoms with van der Waals surface area (Å²) in [6.45, 7) is 12.9. The first-order valence-corrected chi connectivity index (χ1v) is 4.93. The van der Waals surface area contributed by atoms with E-state index in [9.17, 15) is 0 Å². The fourth-order valence-corrected chi connectivity index (χ4v) is 1.29. The molecule has 14 heavy (non-hydrogen) atoms. The van der Waals surface area contributed by atoms with Gasteiger partial charge in [0, 0.05) is 5.41 Å². The van der Waals surface area contributed by atoms with Crippen molar-refractivity contribution in [3.8, 4) is 0 Å². The van der Waals surface area contributed by atoms with Gasteiger partial charge in [-0.25, -0.2) is 0 Å². The summed E-state index contributed by atoms with van der Waals surface area (Å²) in [5.74, 6) is -0.512. The second-order valence-electron chi connectivity index (χ2n) is 4.75. The van der Waals surface area contributed by atoms with Crippen LogP contribution in [0.2, 0.25) is 0 Å². The lowest BCUT2D eigenvalue weighted by atomic mass is 9.87. The molecule has 0 N–H and O–H groups in total. The van der Waals surface area contributed by atoms with Crippen molar-refractivity contribution in [2.24, 2.45) is 5.41 Å². The van der Waals surface area contributed by atoms with Crippen molar-refractivity contribution >= 4 is 0 Å². The van der Waals surface area contributed by atoms with Gasteiger partial charge < -0.3 is 14.2 Å². The van der Waals surface area contributed by atoms with Gasteiger partial charge in [0.2, 0.25) is 0 Å². The number of ether oxygens (including phenoxy) is 3. The molecule has 3 heteroatoms. The zero-order chi connectivity index (χ0) is 10.8. The maximum absolute atomic E-state index is 5.82. The van der Waals surface area contributed by atoms with Gasteiger partial charge in [-0.1, -0.05) is 27.4 Å². The Morgan fingerprint density at radius 2 is 2.21 bits per heavy atom. The van der Waals surface area contributed by atoms with E-state index in [0.29, 0.717) is 13.2 Å². The van der Waals surface area contributed by atoms with E-state index in [1.165, 1.54) is 6.26 Å². The van der Waals surface area contributed by atoms with Gasteiger partial charge in [-0.05, 0) is 6.92 Å². The van der Waals surface area contributed by atoms with Gasteiger partial charge >= 0.3 is 0 Å². The highest BCUT2D eigenvalue weighted by Gasteiger charge is 2.46. The SMILES string of the molecule is C=COCC1COC(C)(C(C)(C)C)O1. The number of hydrogen-bond donors (Lipinski definition) is 0. The summed E-state index contributed by atoms with van der Waals surface area (Å²) < 4.78 is 16.6. The first kappa shape index (κ1) is 11.5. The molecule has 82 valence electrons. The highest BCUT2D eigenvalue weighted by Crippen LogP contribution is 2.39. The quantitative estimate of drug-likeness (QED) is 0.654. The van der Waals surface area contributed by atoms with Crippen LogP contribution in [0.3, 0.4) is 0 Å². The van der Waals surface area contributed by atoms with Crippen molar-refractivity contribution in [1.29, 1.82) is 0 Å². The molecule has 3 nitrogen and oxygen atoms in total. The van der Waals surface area contributed by atoms with Crippen molar-refractivity contribution in [3.05, 3.63) is 12.8 Å². The molecule has 1 heterocycles. The fraction of sp³-hybridized carbons (Fsp3) is 0.818. The van der Waals surface area contributed by atoms with Crippen LogP contribution in [0, 0.1) is 5.41 Å². The molecule has 1 fully saturated rings. The average Bonchev–Trinajstić information content (AvgIpc) is 2.44. The Morgan fingerprint density at radius 1 is 1.57 bits per heavy atom. The topological polar surface area (TPSA) is 27.7 Å². The molecule has 0 aromatic heterocycles. The molecular weight excluding hydrogens is 180 g/mol. The van der Waals surface area contributed by atoms with Gasteiger partial charge in [0.05, 0.1) is 12.9 Å². The minimum Gasteiger partial charge on any atom is -0.499 e. The van der Waals surface area contributed by atoms with Crippen LogP contribution >= 0.6 is 0 Å². The van der Waals surface area contributed by atoms with Crippen LogP contribution in [0.1, 0.15) is 27.7 Å². The maximum Gasteiger partial charge on any atom is 0.171 e. The highest BCUT2D eigenvalue weighted by atomic mass is 16.8. The van der Waals surface area contributed by atoms with Gasteiger partial charge in [-0.15, -0.1) is 0 Å². The molecule has 0 spiro atoms. The third-order valence-electron chi connectivity index (χ3n) is 2.70. The van der Waals surface area contributed by atoms with E-state index < -0.39 is 5.79 Å². The molecule has 0 amide bonds. The Balaban J connectivity index is 2.51. The maximum atomic E-state index is 5.82. The van der Waals surface area contributed by atoms with Crippen LogP contribution in [0.5, 0.6) is 0 Å². The molecule has 0 aliphatic carbocycles. The molecule has 0 saturated carbocycles. The summed E-state index contributed by atoms with van der Waals surface area (Å²) in [6, 6.07) is 0. The molecule has 2 atom stereocenters. The summed E-state index contributed by atoms with van der Waals surface area (Å²) in [7, 11) is 0. The van der Waals surface area contributed by atoms with Gasteiger partial charge in [-0.3, -0.25) is 0 Å². The largest absolute Gasteiger partial charge is 0.499 e. The van der Waals surface area contributed by atoms with E-state index in [-0.39, 0.29) is 11.5 Å². The Kier molecular flexibility index (Phi) is 3.22. The van der Waals surface area contributed by atoms with Crippen molar-refractivity contribution in [2.75, 3.05) is 13.2 Å². The van der Waals surface area contributed by atoms with E-state index in [2.05, 4.69) is 27.4 Å². The molecule has 0 aromatic carbocycles. The third-order valence-corrected chi connectivity index (χ3v) is 2.70. The van der Waals surface area contributed by atoms with Gasteiger partial charge in [-0.2, -0.15) is 0 Å². The van der Waals surface area contributed by atoms with Gasteiger partial charge in [0.1, 0.15) is 12.7 Å². The fourth-order valence-electron chi connectivity index (χ4n) is 1.29. The van der Waals surface area contributed by atoms with Crippen LogP contribution in [-0.4, -0.2) is 25.1 Å². The second-order valence-corrected chi connectivity index (χ2v) is 4.75. The van der Waals surface area contributed by atoms with Crippen LogP contribution in [-0.2, 0) is 14.2 Å². The van der Waals surface area contributed by atoms with Gasteiger partial charge in [0.15, 0.2) is 5.79 Å². The minimum absolute atomic E-state index is 0.0113. The third kappa shape index (κ3) is 2.28. The molecule has 1 aliphatic rings. The second kappa shape index (κ2) is 3.91. The Hall–Kier alpha value is -0.540. The Bertz CT molecular complexity index is 207. The van der Waals surface area contributed by atoms with Crippen molar-refractivity contribution in [2.45, 2.75) is 39.6 Å². The minimum atomic E-state index is -0.512. The molecular formula is C11H20O3. The van der Waals surface area contributed by atoms with Crippen LogP contribution in [0.4, 0.5) is 0 Å². The lowest BCUT2D eigenvalue weighted by Gasteiger charge is -2.36. The lowest BCUT2D eigenvalue weighted by molar-refractivity contribution is -0.219. The molecule has 2 unspecified atom stereocenters. The summed E-state index contributed by atoms with van der Waals surface area (Å²) in [4.78, 5) is 0. The van der Waals surface area contributed by atoms with Gasteiger partial charge in [0.25, 0.3) is 0 Å². The van der Waals surface area contributed by atoms with Crippen molar-refractivity contribution in [3.63, 3.8) is 0 Å². The van der Waals surface area contributed by atoms with Crippen LogP contribution in [0.25, 0.3) is 0 Å². The van der Waals surface area contributed by atoms with Crippen LogP contribution < -0.4 is 0 Å². The van der Waals surface area contributed by atoms with E-state index in [1.807, 2.05) is 6.92 Å². The normalized spacial score (nSPS) is 33.0. The van der Waals surface area contributed by atoms with E-state index in [1.54, 1.807) is 0 Å². The predicted molar refractivity (Wildman–Crippen MR) is 54.8 cm³/mol. The first-order chi connectivity index (χ1) is 6.39. The highest BCUT2D eigenvalue weighted by molar-refractivity contribution is 4.85. The zero-order valence-electron chi connectivity index (χ0n) is 9.50. The molecule has 0 radical (unpaired) electrons. The van der Waals surface area contributed by atoms with E-state index >= 15 is 0 Å². The molecule has 1 rings (SSSR count). The predicted octanol–water partition coefficient (Wildman–Crippen LogP) is 2.32. The molecule has 0 bridgehead atoms. The first-order valence-electron chi connectivity index (χ1n) is 4.93. The monoisotopic (exact) mass is 200 g/mol. The molecule has 1 aliphatic heterocycles. The summed E-state index contributed by atoms with van der Waals surface area (Å²) >= 11 is 0. The smallest absolute Gasteiger partial charge is 0.171 e. The Labute approximate surface area is 86.0 Å². The number of rotatable bonds is 3. The van der Waals surface area contributed by atoms with E-state index in [4.69, 9.17) is 14.2 Å². The van der Waals surface area contributed by atoms with Crippen molar-refractivity contribution in [1.82, 2.24) is 0 Å². The van der Waals surface area contributed by atoms with E-state index in [0.717, 1.165) is 0 Å². The van der Waals surface area contributed by atoms with Crippen molar-refractivity contribution < 1.29 is 14.2 Å². The Morgan fingerprint density at radius 3 is 2.64 bits per heavy atom. The standard InChI is InChI=1S/C11H20O3/c1-6-12-7-9-8-13-11(5,14-9)10(2,3)4/h6,9H,1,7-8H2,2-5H3. The number of hydrogen-bond acceptors (Lipinski definition) is 3. The molecule has 0 aromatic rings. The average molecular weight is 200 g/mol. The van der Waals surface area contributed by atoms with Crippen LogP contribution in [0.15, 0.2) is 12.8 Å². The zero-order valence-corrected chi connectivity index (χ0v) is 9.50. The lowest BCUT2D eigenvalue weighted by Crippen LogP contribution is -2.41. The molecule has 1 saturated heterocycles. The summed E-state index contributed by atoms with van der Waals surface area (Å²) in [6.07, 6.45) is 1.44.